The van der Waals surface area contributed by atoms with Gasteiger partial charge in [-0.05, 0) is 118 Å². The van der Waals surface area contributed by atoms with Crippen LogP contribution in [0.25, 0.3) is 0 Å². The van der Waals surface area contributed by atoms with E-state index in [9.17, 15) is 0 Å². The first-order valence-corrected chi connectivity index (χ1v) is 17.7. The summed E-state index contributed by atoms with van der Waals surface area (Å²) >= 11 is 0. The Bertz CT molecular complexity index is 1710. The molecule has 0 radical (unpaired) electrons. The molecule has 4 unspecified atom stereocenters. The monoisotopic (exact) mass is 608 g/mol. The van der Waals surface area contributed by atoms with Gasteiger partial charge in [0.2, 0.25) is 0 Å². The molecular weight excluding hydrogens is 560 g/mol. The van der Waals surface area contributed by atoms with E-state index in [-0.39, 0.29) is 0 Å². The quantitative estimate of drug-likeness (QED) is 0.229. The number of anilines is 4. The second-order valence-electron chi connectivity index (χ2n) is 14.3. The van der Waals surface area contributed by atoms with Crippen LogP contribution in [-0.2, 0) is 0 Å². The molecule has 4 fully saturated rings. The van der Waals surface area contributed by atoms with Gasteiger partial charge in [-0.1, -0.05) is 80.3 Å². The summed E-state index contributed by atoms with van der Waals surface area (Å²) < 4.78 is 0. The number of fused-ring (bicyclic) bond motifs is 2. The lowest BCUT2D eigenvalue weighted by Crippen LogP contribution is -2.40. The molecule has 2 saturated heterocycles. The van der Waals surface area contributed by atoms with Crippen LogP contribution in [0, 0.1) is 27.7 Å². The standard InChI is InChI=1S/C42H48N4/c1-29-14-11-18-33(26-29)43-37-22-7-8-23-38(37)44(34-19-12-15-30(2)27-34)41(43)42-45(35-20-13-16-31(3)28-35)39-24-9-10-25-40(39)46(42)36-21-6-5-17-32(36)4/h5-6,11-21,26-28,37-40H,7-10,22-25H2,1-4H3. The fourth-order valence-corrected chi connectivity index (χ4v) is 9.08. The molecule has 0 aromatic heterocycles. The molecule has 4 atom stereocenters. The number of rotatable bonds is 4. The van der Waals surface area contributed by atoms with Gasteiger partial charge in [-0.3, -0.25) is 0 Å². The van der Waals surface area contributed by atoms with Crippen molar-refractivity contribution in [1.29, 1.82) is 0 Å². The molecule has 4 aliphatic rings. The molecule has 8 rings (SSSR count). The molecule has 2 heterocycles. The second-order valence-corrected chi connectivity index (χ2v) is 14.3. The summed E-state index contributed by atoms with van der Waals surface area (Å²) in [6, 6.07) is 38.6. The summed E-state index contributed by atoms with van der Waals surface area (Å²) in [7, 11) is 0. The Kier molecular flexibility index (Phi) is 7.55. The third-order valence-corrected chi connectivity index (χ3v) is 11.0. The van der Waals surface area contributed by atoms with Gasteiger partial charge in [0.05, 0.1) is 24.2 Å². The highest BCUT2D eigenvalue weighted by molar-refractivity contribution is 5.77. The maximum atomic E-state index is 2.79. The normalized spacial score (nSPS) is 24.4. The Hall–Kier alpha value is -4.18. The van der Waals surface area contributed by atoms with Crippen LogP contribution >= 0.6 is 0 Å². The average Bonchev–Trinajstić information content (AvgIpc) is 3.58. The van der Waals surface area contributed by atoms with E-state index in [1.165, 1.54) is 108 Å². The number of para-hydroxylation sites is 1. The molecule has 4 heteroatoms. The van der Waals surface area contributed by atoms with Crippen molar-refractivity contribution in [2.75, 3.05) is 19.6 Å². The zero-order valence-corrected chi connectivity index (χ0v) is 28.0. The molecule has 2 saturated carbocycles. The van der Waals surface area contributed by atoms with Gasteiger partial charge in [-0.25, -0.2) is 0 Å². The van der Waals surface area contributed by atoms with Gasteiger partial charge >= 0.3 is 0 Å². The fraction of sp³-hybridized carbons (Fsp3) is 0.381. The van der Waals surface area contributed by atoms with Crippen LogP contribution in [0.2, 0.25) is 0 Å². The molecule has 4 aromatic rings. The van der Waals surface area contributed by atoms with Crippen LogP contribution in [-0.4, -0.2) is 24.2 Å². The van der Waals surface area contributed by atoms with E-state index >= 15 is 0 Å². The number of hydrogen-bond donors (Lipinski definition) is 0. The van der Waals surface area contributed by atoms with Gasteiger partial charge in [0.1, 0.15) is 0 Å². The van der Waals surface area contributed by atoms with E-state index < -0.39 is 0 Å². The summed E-state index contributed by atoms with van der Waals surface area (Å²) in [5, 5.41) is 0. The highest BCUT2D eigenvalue weighted by Gasteiger charge is 2.53. The number of hydrogen-bond acceptors (Lipinski definition) is 4. The molecule has 0 amide bonds. The summed E-state index contributed by atoms with van der Waals surface area (Å²) in [4.78, 5) is 11.1. The molecule has 4 nitrogen and oxygen atoms in total. The minimum absolute atomic E-state index is 0.416. The second kappa shape index (κ2) is 11.9. The van der Waals surface area contributed by atoms with Crippen LogP contribution < -0.4 is 19.6 Å². The van der Waals surface area contributed by atoms with E-state index in [1.807, 2.05) is 0 Å². The van der Waals surface area contributed by atoms with Crippen molar-refractivity contribution in [2.45, 2.75) is 103 Å². The van der Waals surface area contributed by atoms with E-state index in [0.29, 0.717) is 24.2 Å². The van der Waals surface area contributed by atoms with Crippen molar-refractivity contribution in [3.8, 4) is 0 Å². The maximum absolute atomic E-state index is 2.79. The summed E-state index contributed by atoms with van der Waals surface area (Å²) in [5.74, 6) is 2.71. The largest absolute Gasteiger partial charge is 0.320 e. The lowest BCUT2D eigenvalue weighted by atomic mass is 9.89. The fourth-order valence-electron chi connectivity index (χ4n) is 9.08. The molecule has 4 aromatic carbocycles. The zero-order valence-electron chi connectivity index (χ0n) is 28.0. The van der Waals surface area contributed by atoms with Crippen molar-refractivity contribution in [1.82, 2.24) is 0 Å². The molecule has 2 aliphatic carbocycles. The Labute approximate surface area is 275 Å². The van der Waals surface area contributed by atoms with Gasteiger partial charge in [0.25, 0.3) is 0 Å². The number of aryl methyl sites for hydroxylation is 4. The highest BCUT2D eigenvalue weighted by atomic mass is 15.5. The van der Waals surface area contributed by atoms with Gasteiger partial charge in [0, 0.05) is 22.7 Å². The first-order valence-electron chi connectivity index (χ1n) is 17.7. The molecule has 236 valence electrons. The summed E-state index contributed by atoms with van der Waals surface area (Å²) in [6.45, 7) is 9.03. The lowest BCUT2D eigenvalue weighted by molar-refractivity contribution is 0.409. The minimum Gasteiger partial charge on any atom is -0.320 e. The summed E-state index contributed by atoms with van der Waals surface area (Å²) in [5.41, 5.74) is 10.6. The van der Waals surface area contributed by atoms with E-state index in [4.69, 9.17) is 0 Å². The third kappa shape index (κ3) is 4.89. The molecule has 46 heavy (non-hydrogen) atoms. The number of benzene rings is 4. The predicted octanol–water partition coefficient (Wildman–Crippen LogP) is 10.0. The van der Waals surface area contributed by atoms with Gasteiger partial charge in [-0.15, -0.1) is 0 Å². The predicted molar refractivity (Wildman–Crippen MR) is 194 cm³/mol. The smallest absolute Gasteiger partial charge is 0.156 e. The van der Waals surface area contributed by atoms with Crippen molar-refractivity contribution in [2.24, 2.45) is 0 Å². The first-order chi connectivity index (χ1) is 22.5. The third-order valence-electron chi connectivity index (χ3n) is 11.0. The molecule has 0 spiro atoms. The Balaban J connectivity index is 1.49. The SMILES string of the molecule is Cc1cccc(N2C(=C3N(c4cccc(C)c4)C4CCCCC4N3c3ccccc3C)N(c3cccc(C)c3)C3CCCCC32)c1. The zero-order chi connectivity index (χ0) is 31.4. The Morgan fingerprint density at radius 2 is 0.783 bits per heavy atom. The Morgan fingerprint density at radius 1 is 0.413 bits per heavy atom. The molecule has 0 bridgehead atoms. The van der Waals surface area contributed by atoms with E-state index in [2.05, 4.69) is 144 Å². The van der Waals surface area contributed by atoms with Crippen molar-refractivity contribution >= 4 is 22.7 Å². The molecular formula is C42H48N4. The van der Waals surface area contributed by atoms with Crippen LogP contribution in [0.15, 0.2) is 109 Å². The average molecular weight is 609 g/mol. The lowest BCUT2D eigenvalue weighted by Gasteiger charge is -2.36. The van der Waals surface area contributed by atoms with Gasteiger partial charge in [0.15, 0.2) is 11.6 Å². The van der Waals surface area contributed by atoms with Gasteiger partial charge < -0.3 is 19.6 Å². The first kappa shape index (κ1) is 29.2. The van der Waals surface area contributed by atoms with Crippen LogP contribution in [0.3, 0.4) is 0 Å². The number of nitrogens with zero attached hydrogens (tertiary/aromatic N) is 4. The van der Waals surface area contributed by atoms with Crippen LogP contribution in [0.5, 0.6) is 0 Å². The topological polar surface area (TPSA) is 13.0 Å². The Morgan fingerprint density at radius 3 is 1.17 bits per heavy atom. The van der Waals surface area contributed by atoms with Crippen molar-refractivity contribution < 1.29 is 0 Å². The van der Waals surface area contributed by atoms with E-state index in [0.717, 1.165) is 0 Å². The van der Waals surface area contributed by atoms with Crippen molar-refractivity contribution in [3.05, 3.63) is 131 Å². The molecule has 0 N–H and O–H groups in total. The van der Waals surface area contributed by atoms with Crippen molar-refractivity contribution in [3.63, 3.8) is 0 Å². The minimum atomic E-state index is 0.416. The van der Waals surface area contributed by atoms with Crippen LogP contribution in [0.1, 0.15) is 73.6 Å². The highest BCUT2D eigenvalue weighted by Crippen LogP contribution is 2.52. The summed E-state index contributed by atoms with van der Waals surface area (Å²) in [6.07, 6.45) is 9.95. The van der Waals surface area contributed by atoms with Gasteiger partial charge in [-0.2, -0.15) is 0 Å². The van der Waals surface area contributed by atoms with E-state index in [1.54, 1.807) is 0 Å². The van der Waals surface area contributed by atoms with Crippen LogP contribution in [0.4, 0.5) is 22.7 Å². The maximum Gasteiger partial charge on any atom is 0.156 e. The molecule has 2 aliphatic heterocycles.